The van der Waals surface area contributed by atoms with Crippen molar-refractivity contribution in [2.24, 2.45) is 0 Å². The van der Waals surface area contributed by atoms with Crippen LogP contribution < -0.4 is 16.2 Å². The Hall–Kier alpha value is -3.62. The minimum absolute atomic E-state index is 0.0313. The Balaban J connectivity index is 1.61. The molecule has 37 heavy (non-hydrogen) atoms. The molecule has 0 unspecified atom stereocenters. The van der Waals surface area contributed by atoms with E-state index in [-0.39, 0.29) is 35.7 Å². The standard InChI is InChI=1S/C28H27ClN4O3S/c1-17(2)30-26(35)20-10-8-19(9-11-20)15-33-27(36)22-14-21(29)12-13-24(22)32-28(33)37-16-25(34)31-23-7-5-4-6-18(23)3/h4-14,17H,15-16H2,1-3H3,(H,30,35)(H,31,34). The van der Waals surface area contributed by atoms with Crippen molar-refractivity contribution in [2.75, 3.05) is 11.1 Å². The molecule has 3 aromatic carbocycles. The first-order valence-corrected chi connectivity index (χ1v) is 13.2. The summed E-state index contributed by atoms with van der Waals surface area (Å²) < 4.78 is 1.54. The lowest BCUT2D eigenvalue weighted by molar-refractivity contribution is -0.113. The predicted molar refractivity (Wildman–Crippen MR) is 150 cm³/mol. The van der Waals surface area contributed by atoms with Gasteiger partial charge in [-0.05, 0) is 68.3 Å². The average Bonchev–Trinajstić information content (AvgIpc) is 2.86. The second-order valence-corrected chi connectivity index (χ2v) is 10.3. The van der Waals surface area contributed by atoms with Crippen LogP contribution in [-0.2, 0) is 11.3 Å². The molecule has 0 aliphatic heterocycles. The van der Waals surface area contributed by atoms with Crippen LogP contribution in [0.2, 0.25) is 5.02 Å². The highest BCUT2D eigenvalue weighted by Crippen LogP contribution is 2.22. The number of thioether (sulfide) groups is 1. The summed E-state index contributed by atoms with van der Waals surface area (Å²) in [6, 6.07) is 19.6. The zero-order valence-corrected chi connectivity index (χ0v) is 22.3. The van der Waals surface area contributed by atoms with Gasteiger partial charge in [-0.15, -0.1) is 0 Å². The van der Waals surface area contributed by atoms with Gasteiger partial charge in [0.05, 0.1) is 23.2 Å². The number of amides is 2. The molecule has 0 saturated heterocycles. The molecular weight excluding hydrogens is 508 g/mol. The van der Waals surface area contributed by atoms with Crippen LogP contribution in [0.15, 0.2) is 76.7 Å². The van der Waals surface area contributed by atoms with E-state index >= 15 is 0 Å². The smallest absolute Gasteiger partial charge is 0.262 e. The Morgan fingerprint density at radius 2 is 1.78 bits per heavy atom. The lowest BCUT2D eigenvalue weighted by atomic mass is 10.1. The molecule has 0 saturated carbocycles. The Kier molecular flexibility index (Phi) is 8.31. The van der Waals surface area contributed by atoms with Gasteiger partial charge in [0.25, 0.3) is 11.5 Å². The number of hydrogen-bond acceptors (Lipinski definition) is 5. The highest BCUT2D eigenvalue weighted by molar-refractivity contribution is 7.99. The molecule has 0 spiro atoms. The SMILES string of the molecule is Cc1ccccc1NC(=O)CSc1nc2ccc(Cl)cc2c(=O)n1Cc1ccc(C(=O)NC(C)C)cc1. The summed E-state index contributed by atoms with van der Waals surface area (Å²) >= 11 is 7.34. The first-order chi connectivity index (χ1) is 17.7. The van der Waals surface area contributed by atoms with Gasteiger partial charge in [0.1, 0.15) is 0 Å². The third kappa shape index (κ3) is 6.58. The summed E-state index contributed by atoms with van der Waals surface area (Å²) in [5.74, 6) is -0.276. The lowest BCUT2D eigenvalue weighted by Gasteiger charge is -2.14. The maximum Gasteiger partial charge on any atom is 0.262 e. The molecule has 0 radical (unpaired) electrons. The zero-order chi connectivity index (χ0) is 26.5. The van der Waals surface area contributed by atoms with Crippen molar-refractivity contribution in [3.8, 4) is 0 Å². The summed E-state index contributed by atoms with van der Waals surface area (Å²) in [5.41, 5.74) is 3.31. The molecule has 0 atom stereocenters. The van der Waals surface area contributed by atoms with Gasteiger partial charge in [-0.3, -0.25) is 19.0 Å². The topological polar surface area (TPSA) is 93.1 Å². The number of carbonyl (C=O) groups excluding carboxylic acids is 2. The highest BCUT2D eigenvalue weighted by atomic mass is 35.5. The molecule has 9 heteroatoms. The molecule has 0 aliphatic rings. The first kappa shape index (κ1) is 26.4. The molecule has 0 fully saturated rings. The van der Waals surface area contributed by atoms with Crippen molar-refractivity contribution in [2.45, 2.75) is 38.5 Å². The first-order valence-electron chi connectivity index (χ1n) is 11.8. The van der Waals surface area contributed by atoms with Crippen LogP contribution in [0.25, 0.3) is 10.9 Å². The zero-order valence-electron chi connectivity index (χ0n) is 20.7. The number of halogens is 1. The Labute approximate surface area is 224 Å². The fraction of sp³-hybridized carbons (Fsp3) is 0.214. The van der Waals surface area contributed by atoms with E-state index in [4.69, 9.17) is 11.6 Å². The second kappa shape index (κ2) is 11.6. The largest absolute Gasteiger partial charge is 0.350 e. The van der Waals surface area contributed by atoms with Gasteiger partial charge in [0.2, 0.25) is 5.91 Å². The fourth-order valence-corrected chi connectivity index (χ4v) is 4.71. The van der Waals surface area contributed by atoms with Crippen LogP contribution in [0.1, 0.15) is 35.3 Å². The summed E-state index contributed by atoms with van der Waals surface area (Å²) in [6.07, 6.45) is 0. The third-order valence-electron chi connectivity index (χ3n) is 5.61. The molecule has 2 N–H and O–H groups in total. The van der Waals surface area contributed by atoms with Crippen molar-refractivity contribution in [1.29, 1.82) is 0 Å². The molecular formula is C28H27ClN4O3S. The number of aryl methyl sites for hydroxylation is 1. The average molecular weight is 535 g/mol. The van der Waals surface area contributed by atoms with E-state index in [2.05, 4.69) is 15.6 Å². The number of anilines is 1. The summed E-state index contributed by atoms with van der Waals surface area (Å²) in [4.78, 5) is 43.1. The number of nitrogens with zero attached hydrogens (tertiary/aromatic N) is 2. The molecule has 7 nitrogen and oxygen atoms in total. The van der Waals surface area contributed by atoms with Crippen molar-refractivity contribution in [3.63, 3.8) is 0 Å². The molecule has 2 amide bonds. The van der Waals surface area contributed by atoms with E-state index in [1.165, 1.54) is 16.3 Å². The number of aromatic nitrogens is 2. The van der Waals surface area contributed by atoms with E-state index in [0.29, 0.717) is 26.6 Å². The van der Waals surface area contributed by atoms with E-state index in [9.17, 15) is 14.4 Å². The van der Waals surface area contributed by atoms with Crippen molar-refractivity contribution in [1.82, 2.24) is 14.9 Å². The Morgan fingerprint density at radius 3 is 2.49 bits per heavy atom. The van der Waals surface area contributed by atoms with Crippen molar-refractivity contribution in [3.05, 3.63) is 98.8 Å². The third-order valence-corrected chi connectivity index (χ3v) is 6.82. The van der Waals surface area contributed by atoms with Crippen LogP contribution in [-0.4, -0.2) is 33.2 Å². The molecule has 0 bridgehead atoms. The van der Waals surface area contributed by atoms with Gasteiger partial charge in [0.15, 0.2) is 5.16 Å². The molecule has 190 valence electrons. The Bertz CT molecular complexity index is 1520. The lowest BCUT2D eigenvalue weighted by Crippen LogP contribution is -2.30. The second-order valence-electron chi connectivity index (χ2n) is 8.92. The summed E-state index contributed by atoms with van der Waals surface area (Å²) in [7, 11) is 0. The number of nitrogens with one attached hydrogen (secondary N) is 2. The van der Waals surface area contributed by atoms with Gasteiger partial charge < -0.3 is 10.6 Å². The predicted octanol–water partition coefficient (Wildman–Crippen LogP) is 5.28. The van der Waals surface area contributed by atoms with Crippen LogP contribution in [0.4, 0.5) is 5.69 Å². The maximum atomic E-state index is 13.5. The van der Waals surface area contributed by atoms with Gasteiger partial charge >= 0.3 is 0 Å². The number of benzene rings is 3. The highest BCUT2D eigenvalue weighted by Gasteiger charge is 2.15. The molecule has 4 aromatic rings. The number of hydrogen-bond donors (Lipinski definition) is 2. The van der Waals surface area contributed by atoms with Crippen LogP contribution >= 0.6 is 23.4 Å². The Morgan fingerprint density at radius 1 is 1.05 bits per heavy atom. The van der Waals surface area contributed by atoms with E-state index in [1.54, 1.807) is 30.3 Å². The fourth-order valence-electron chi connectivity index (χ4n) is 3.74. The van der Waals surface area contributed by atoms with E-state index in [1.807, 2.05) is 57.2 Å². The minimum Gasteiger partial charge on any atom is -0.350 e. The molecule has 4 rings (SSSR count). The van der Waals surface area contributed by atoms with Gasteiger partial charge in [-0.25, -0.2) is 4.98 Å². The minimum atomic E-state index is -0.254. The quantitative estimate of drug-likeness (QED) is 0.237. The summed E-state index contributed by atoms with van der Waals surface area (Å²) in [5, 5.41) is 7.03. The number of para-hydroxylation sites is 1. The molecule has 0 aliphatic carbocycles. The van der Waals surface area contributed by atoms with Crippen molar-refractivity contribution >= 4 is 51.8 Å². The number of rotatable bonds is 8. The van der Waals surface area contributed by atoms with Crippen LogP contribution in [0.5, 0.6) is 0 Å². The van der Waals surface area contributed by atoms with Crippen molar-refractivity contribution < 1.29 is 9.59 Å². The summed E-state index contributed by atoms with van der Waals surface area (Å²) in [6.45, 7) is 5.95. The number of fused-ring (bicyclic) bond motifs is 1. The van der Waals surface area contributed by atoms with Gasteiger partial charge in [-0.2, -0.15) is 0 Å². The van der Waals surface area contributed by atoms with Gasteiger partial charge in [-0.1, -0.05) is 53.7 Å². The van der Waals surface area contributed by atoms with Crippen LogP contribution in [0, 0.1) is 6.92 Å². The van der Waals surface area contributed by atoms with Gasteiger partial charge in [0, 0.05) is 22.3 Å². The van der Waals surface area contributed by atoms with Crippen LogP contribution in [0.3, 0.4) is 0 Å². The monoisotopic (exact) mass is 534 g/mol. The maximum absolute atomic E-state index is 13.5. The van der Waals surface area contributed by atoms with E-state index in [0.717, 1.165) is 16.8 Å². The molecule has 1 aromatic heterocycles. The molecule has 1 heterocycles. The normalized spacial score (nSPS) is 11.1. The number of carbonyl (C=O) groups is 2. The van der Waals surface area contributed by atoms with E-state index < -0.39 is 0 Å².